The number of carbonyl (C=O) groups is 1. The number of aliphatic hydroxyl groups is 1. The molecule has 0 aliphatic carbocycles. The Kier molecular flexibility index (Phi) is 5.02. The summed E-state index contributed by atoms with van der Waals surface area (Å²) in [7, 11) is 0. The minimum atomic E-state index is -0.476. The summed E-state index contributed by atoms with van der Waals surface area (Å²) in [6.45, 7) is 3.11. The molecule has 1 heterocycles. The van der Waals surface area contributed by atoms with Gasteiger partial charge in [0, 0.05) is 13.2 Å². The Bertz CT molecular complexity index is 217. The van der Waals surface area contributed by atoms with Crippen molar-refractivity contribution in [1.82, 2.24) is 5.32 Å². The van der Waals surface area contributed by atoms with Crippen molar-refractivity contribution in [2.45, 2.75) is 36.6 Å². The van der Waals surface area contributed by atoms with Gasteiger partial charge in [0.25, 0.3) is 0 Å². The van der Waals surface area contributed by atoms with Crippen molar-refractivity contribution in [2.24, 2.45) is 0 Å². The molecule has 1 saturated heterocycles. The number of rotatable bonds is 4. The van der Waals surface area contributed by atoms with Crippen molar-refractivity contribution < 1.29 is 14.6 Å². The van der Waals surface area contributed by atoms with E-state index in [2.05, 4.69) is 21.2 Å². The average molecular weight is 280 g/mol. The predicted octanol–water partition coefficient (Wildman–Crippen LogP) is 0.818. The van der Waals surface area contributed by atoms with E-state index in [1.54, 1.807) is 0 Å². The molecule has 1 amide bonds. The largest absolute Gasteiger partial charge is 0.394 e. The van der Waals surface area contributed by atoms with Gasteiger partial charge in [0.2, 0.25) is 5.91 Å². The van der Waals surface area contributed by atoms with Crippen LogP contribution in [0, 0.1) is 0 Å². The fourth-order valence-corrected chi connectivity index (χ4v) is 1.72. The van der Waals surface area contributed by atoms with E-state index in [-0.39, 0.29) is 17.3 Å². The second-order valence-corrected chi connectivity index (χ2v) is 5.02. The summed E-state index contributed by atoms with van der Waals surface area (Å²) in [6.07, 6.45) is 2.10. The maximum atomic E-state index is 11.7. The first kappa shape index (κ1) is 12.9. The van der Waals surface area contributed by atoms with Crippen molar-refractivity contribution in [3.05, 3.63) is 0 Å². The van der Waals surface area contributed by atoms with Crippen LogP contribution in [0.15, 0.2) is 0 Å². The second-order valence-electron chi connectivity index (χ2n) is 3.92. The average Bonchev–Trinajstić information content (AvgIpc) is 2.29. The highest BCUT2D eigenvalue weighted by molar-refractivity contribution is 9.10. The molecule has 1 rings (SSSR count). The van der Waals surface area contributed by atoms with Crippen LogP contribution in [0.1, 0.15) is 26.2 Å². The van der Waals surface area contributed by atoms with E-state index in [1.165, 1.54) is 0 Å². The van der Waals surface area contributed by atoms with Gasteiger partial charge in [-0.3, -0.25) is 4.79 Å². The normalized spacial score (nSPS) is 22.1. The van der Waals surface area contributed by atoms with Crippen molar-refractivity contribution in [3.8, 4) is 0 Å². The SMILES string of the molecule is CCC(Br)C(=O)NC1(CO)CCOCC1. The molecule has 0 radical (unpaired) electrons. The number of carbonyl (C=O) groups excluding carboxylic acids is 1. The molecule has 15 heavy (non-hydrogen) atoms. The number of amides is 1. The summed E-state index contributed by atoms with van der Waals surface area (Å²) < 4.78 is 5.22. The zero-order valence-electron chi connectivity index (χ0n) is 8.96. The lowest BCUT2D eigenvalue weighted by molar-refractivity contribution is -0.124. The summed E-state index contributed by atoms with van der Waals surface area (Å²) in [5.74, 6) is -0.0477. The molecule has 0 aromatic heterocycles. The van der Waals surface area contributed by atoms with Gasteiger partial charge >= 0.3 is 0 Å². The van der Waals surface area contributed by atoms with E-state index in [0.717, 1.165) is 6.42 Å². The molecule has 0 spiro atoms. The number of aliphatic hydroxyl groups excluding tert-OH is 1. The minimum Gasteiger partial charge on any atom is -0.394 e. The first-order valence-corrected chi connectivity index (χ1v) is 6.20. The van der Waals surface area contributed by atoms with Gasteiger partial charge < -0.3 is 15.2 Å². The van der Waals surface area contributed by atoms with E-state index >= 15 is 0 Å². The van der Waals surface area contributed by atoms with Crippen LogP contribution >= 0.6 is 15.9 Å². The molecule has 0 bridgehead atoms. The quantitative estimate of drug-likeness (QED) is 0.749. The van der Waals surface area contributed by atoms with Crippen LogP contribution < -0.4 is 5.32 Å². The maximum Gasteiger partial charge on any atom is 0.234 e. The van der Waals surface area contributed by atoms with Gasteiger partial charge in [-0.1, -0.05) is 22.9 Å². The highest BCUT2D eigenvalue weighted by Gasteiger charge is 2.34. The topological polar surface area (TPSA) is 58.6 Å². The highest BCUT2D eigenvalue weighted by atomic mass is 79.9. The van der Waals surface area contributed by atoms with Crippen LogP contribution in [-0.4, -0.2) is 41.2 Å². The van der Waals surface area contributed by atoms with Gasteiger partial charge in [0.1, 0.15) is 0 Å². The number of hydrogen-bond donors (Lipinski definition) is 2. The Morgan fingerprint density at radius 1 is 1.60 bits per heavy atom. The van der Waals surface area contributed by atoms with Crippen LogP contribution in [0.4, 0.5) is 0 Å². The fourth-order valence-electron chi connectivity index (χ4n) is 1.61. The van der Waals surface area contributed by atoms with E-state index in [1.807, 2.05) is 6.92 Å². The first-order valence-electron chi connectivity index (χ1n) is 5.28. The molecule has 2 N–H and O–H groups in total. The molecular formula is C10H18BrNO3. The third-order valence-electron chi connectivity index (χ3n) is 2.78. The van der Waals surface area contributed by atoms with Crippen molar-refractivity contribution in [3.63, 3.8) is 0 Å². The molecular weight excluding hydrogens is 262 g/mol. The summed E-state index contributed by atoms with van der Waals surface area (Å²) in [5, 5.41) is 12.3. The van der Waals surface area contributed by atoms with E-state index in [4.69, 9.17) is 4.74 Å². The monoisotopic (exact) mass is 279 g/mol. The lowest BCUT2D eigenvalue weighted by Gasteiger charge is -2.36. The lowest BCUT2D eigenvalue weighted by atomic mass is 9.91. The molecule has 1 unspecified atom stereocenters. The van der Waals surface area contributed by atoms with Gasteiger partial charge in [-0.25, -0.2) is 0 Å². The number of alkyl halides is 1. The third kappa shape index (κ3) is 3.43. The third-order valence-corrected chi connectivity index (χ3v) is 3.85. The van der Waals surface area contributed by atoms with Gasteiger partial charge in [-0.05, 0) is 19.3 Å². The summed E-state index contributed by atoms with van der Waals surface area (Å²) in [6, 6.07) is 0. The van der Waals surface area contributed by atoms with Crippen LogP contribution in [-0.2, 0) is 9.53 Å². The van der Waals surface area contributed by atoms with E-state index in [9.17, 15) is 9.90 Å². The molecule has 0 saturated carbocycles. The summed E-state index contributed by atoms with van der Waals surface area (Å²) in [4.78, 5) is 11.5. The number of hydrogen-bond acceptors (Lipinski definition) is 3. The van der Waals surface area contributed by atoms with E-state index < -0.39 is 5.54 Å². The van der Waals surface area contributed by atoms with Gasteiger partial charge in [-0.2, -0.15) is 0 Å². The molecule has 0 aromatic rings. The standard InChI is InChI=1S/C10H18BrNO3/c1-2-8(11)9(14)12-10(7-13)3-5-15-6-4-10/h8,13H,2-7H2,1H3,(H,12,14). The van der Waals surface area contributed by atoms with E-state index in [0.29, 0.717) is 26.1 Å². The molecule has 88 valence electrons. The predicted molar refractivity (Wildman–Crippen MR) is 61.0 cm³/mol. The Hall–Kier alpha value is -0.130. The lowest BCUT2D eigenvalue weighted by Crippen LogP contribution is -2.56. The van der Waals surface area contributed by atoms with Crippen LogP contribution in [0.2, 0.25) is 0 Å². The number of ether oxygens (including phenoxy) is 1. The van der Waals surface area contributed by atoms with Crippen molar-refractivity contribution in [1.29, 1.82) is 0 Å². The summed E-state index contributed by atoms with van der Waals surface area (Å²) in [5.41, 5.74) is -0.476. The van der Waals surface area contributed by atoms with Crippen LogP contribution in [0.25, 0.3) is 0 Å². The van der Waals surface area contributed by atoms with Gasteiger partial charge in [0.05, 0.1) is 17.0 Å². The smallest absolute Gasteiger partial charge is 0.234 e. The zero-order chi connectivity index (χ0) is 11.3. The van der Waals surface area contributed by atoms with Gasteiger partial charge in [0.15, 0.2) is 0 Å². The molecule has 1 fully saturated rings. The molecule has 0 aromatic carbocycles. The van der Waals surface area contributed by atoms with Crippen molar-refractivity contribution in [2.75, 3.05) is 19.8 Å². The Labute approximate surface area is 98.5 Å². The molecule has 1 atom stereocenters. The van der Waals surface area contributed by atoms with Crippen LogP contribution in [0.5, 0.6) is 0 Å². The van der Waals surface area contributed by atoms with Crippen LogP contribution in [0.3, 0.4) is 0 Å². The molecule has 1 aliphatic heterocycles. The number of nitrogens with one attached hydrogen (secondary N) is 1. The molecule has 5 heteroatoms. The maximum absolute atomic E-state index is 11.7. The Morgan fingerprint density at radius 3 is 2.67 bits per heavy atom. The highest BCUT2D eigenvalue weighted by Crippen LogP contribution is 2.21. The Balaban J connectivity index is 2.55. The summed E-state index contributed by atoms with van der Waals surface area (Å²) >= 11 is 3.30. The fraction of sp³-hybridized carbons (Fsp3) is 0.900. The number of halogens is 1. The molecule has 1 aliphatic rings. The molecule has 4 nitrogen and oxygen atoms in total. The zero-order valence-corrected chi connectivity index (χ0v) is 10.5. The first-order chi connectivity index (χ1) is 7.13. The minimum absolute atomic E-state index is 0.0223. The second kappa shape index (κ2) is 5.82. The Morgan fingerprint density at radius 2 is 2.20 bits per heavy atom. The van der Waals surface area contributed by atoms with Crippen molar-refractivity contribution >= 4 is 21.8 Å². The van der Waals surface area contributed by atoms with Gasteiger partial charge in [-0.15, -0.1) is 0 Å².